The number of amides is 1. The molecule has 1 aromatic carbocycles. The molecule has 0 radical (unpaired) electrons. The maximum Gasteiger partial charge on any atom is 0.407 e. The lowest BCUT2D eigenvalue weighted by molar-refractivity contribution is 0.0510. The van der Waals surface area contributed by atoms with E-state index in [0.29, 0.717) is 12.5 Å². The van der Waals surface area contributed by atoms with Gasteiger partial charge in [-0.15, -0.1) is 0 Å². The van der Waals surface area contributed by atoms with Crippen LogP contribution in [0, 0.1) is 11.7 Å². The zero-order valence-electron chi connectivity index (χ0n) is 15.0. The van der Waals surface area contributed by atoms with E-state index in [9.17, 15) is 9.18 Å². The first-order chi connectivity index (χ1) is 11.3. The van der Waals surface area contributed by atoms with Crippen LogP contribution < -0.4 is 5.32 Å². The van der Waals surface area contributed by atoms with E-state index in [2.05, 4.69) is 10.2 Å². The molecule has 1 aromatic rings. The molecule has 134 valence electrons. The number of nitrogens with zero attached hydrogens (tertiary/aromatic N) is 1. The van der Waals surface area contributed by atoms with Crippen LogP contribution in [-0.2, 0) is 11.2 Å². The summed E-state index contributed by atoms with van der Waals surface area (Å²) in [6, 6.07) is 6.74. The summed E-state index contributed by atoms with van der Waals surface area (Å²) in [5.41, 5.74) is 0.721. The molecule has 0 atom stereocenters. The maximum atomic E-state index is 12.9. The lowest BCUT2D eigenvalue weighted by atomic mass is 9.96. The van der Waals surface area contributed by atoms with Crippen LogP contribution in [0.2, 0.25) is 0 Å². The van der Waals surface area contributed by atoms with Gasteiger partial charge in [0, 0.05) is 13.1 Å². The Morgan fingerprint density at radius 2 is 1.88 bits per heavy atom. The molecular formula is C19H29FN2O2. The first-order valence-corrected chi connectivity index (χ1v) is 8.75. The molecule has 0 saturated carbocycles. The number of halogens is 1. The smallest absolute Gasteiger partial charge is 0.407 e. The molecule has 1 heterocycles. The molecule has 2 rings (SSSR count). The molecule has 24 heavy (non-hydrogen) atoms. The second-order valence-corrected chi connectivity index (χ2v) is 7.54. The van der Waals surface area contributed by atoms with Crippen LogP contribution in [0.15, 0.2) is 24.3 Å². The van der Waals surface area contributed by atoms with Crippen molar-refractivity contribution >= 4 is 6.09 Å². The van der Waals surface area contributed by atoms with Crippen molar-refractivity contribution in [3.8, 4) is 0 Å². The van der Waals surface area contributed by atoms with E-state index in [4.69, 9.17) is 4.74 Å². The lowest BCUT2D eigenvalue weighted by Gasteiger charge is -2.32. The van der Waals surface area contributed by atoms with Crippen molar-refractivity contribution in [1.29, 1.82) is 0 Å². The third-order valence-electron chi connectivity index (χ3n) is 4.27. The van der Waals surface area contributed by atoms with Gasteiger partial charge < -0.3 is 15.0 Å². The summed E-state index contributed by atoms with van der Waals surface area (Å²) < 4.78 is 18.2. The zero-order chi connectivity index (χ0) is 17.6. The van der Waals surface area contributed by atoms with Crippen molar-refractivity contribution in [2.24, 2.45) is 5.92 Å². The van der Waals surface area contributed by atoms with Crippen LogP contribution in [-0.4, -0.2) is 42.8 Å². The Bertz CT molecular complexity index is 517. The minimum atomic E-state index is -0.451. The second-order valence-electron chi connectivity index (χ2n) is 7.54. The minimum Gasteiger partial charge on any atom is -0.444 e. The van der Waals surface area contributed by atoms with E-state index in [1.54, 1.807) is 0 Å². The number of carbonyl (C=O) groups is 1. The number of ether oxygens (including phenoxy) is 1. The summed E-state index contributed by atoms with van der Waals surface area (Å²) >= 11 is 0. The van der Waals surface area contributed by atoms with Crippen LogP contribution >= 0.6 is 0 Å². The Morgan fingerprint density at radius 3 is 2.46 bits per heavy atom. The van der Waals surface area contributed by atoms with Crippen molar-refractivity contribution < 1.29 is 13.9 Å². The van der Waals surface area contributed by atoms with Crippen molar-refractivity contribution in [1.82, 2.24) is 10.2 Å². The van der Waals surface area contributed by atoms with Gasteiger partial charge in [0.25, 0.3) is 0 Å². The Balaban J connectivity index is 1.62. The highest BCUT2D eigenvalue weighted by Crippen LogP contribution is 2.17. The predicted molar refractivity (Wildman–Crippen MR) is 93.5 cm³/mol. The molecule has 1 aliphatic heterocycles. The standard InChI is InChI=1S/C19H29FN2O2/c1-19(2,3)24-18(23)21-14-16-9-12-22(13-10-16)11-8-15-4-6-17(20)7-5-15/h4-7,16H,8-14H2,1-3H3,(H,21,23). The zero-order valence-corrected chi connectivity index (χ0v) is 15.0. The first kappa shape index (κ1) is 18.7. The minimum absolute atomic E-state index is 0.183. The summed E-state index contributed by atoms with van der Waals surface area (Å²) in [6.07, 6.45) is 2.78. The SMILES string of the molecule is CC(C)(C)OC(=O)NCC1CCN(CCc2ccc(F)cc2)CC1. The van der Waals surface area contributed by atoms with Crippen molar-refractivity contribution in [2.75, 3.05) is 26.2 Å². The van der Waals surface area contributed by atoms with Gasteiger partial charge in [0.05, 0.1) is 0 Å². The molecule has 0 aliphatic carbocycles. The number of nitrogens with one attached hydrogen (secondary N) is 1. The Kier molecular flexibility index (Phi) is 6.60. The molecule has 4 nitrogen and oxygen atoms in total. The number of benzene rings is 1. The summed E-state index contributed by atoms with van der Waals surface area (Å²) in [4.78, 5) is 14.1. The molecule has 1 aliphatic rings. The third kappa shape index (κ3) is 6.87. The summed E-state index contributed by atoms with van der Waals surface area (Å²) in [6.45, 7) is 9.37. The summed E-state index contributed by atoms with van der Waals surface area (Å²) in [5.74, 6) is 0.330. The highest BCUT2D eigenvalue weighted by Gasteiger charge is 2.21. The summed E-state index contributed by atoms with van der Waals surface area (Å²) in [5, 5.41) is 2.87. The Labute approximate surface area is 144 Å². The molecule has 1 amide bonds. The summed E-state index contributed by atoms with van der Waals surface area (Å²) in [7, 11) is 0. The van der Waals surface area contributed by atoms with Crippen LogP contribution in [0.5, 0.6) is 0 Å². The molecule has 1 fully saturated rings. The fraction of sp³-hybridized carbons (Fsp3) is 0.632. The first-order valence-electron chi connectivity index (χ1n) is 8.75. The van der Waals surface area contributed by atoms with Gasteiger partial charge in [0.2, 0.25) is 0 Å². The Morgan fingerprint density at radius 1 is 1.25 bits per heavy atom. The van der Waals surface area contributed by atoms with Gasteiger partial charge in [-0.1, -0.05) is 12.1 Å². The molecule has 1 N–H and O–H groups in total. The number of piperidine rings is 1. The fourth-order valence-electron chi connectivity index (χ4n) is 2.89. The van der Waals surface area contributed by atoms with Gasteiger partial charge in [-0.25, -0.2) is 9.18 Å². The van der Waals surface area contributed by atoms with Crippen molar-refractivity contribution in [3.63, 3.8) is 0 Å². The average molecular weight is 336 g/mol. The molecule has 5 heteroatoms. The van der Waals surface area contributed by atoms with Gasteiger partial charge in [0.1, 0.15) is 11.4 Å². The molecule has 1 saturated heterocycles. The van der Waals surface area contributed by atoms with E-state index < -0.39 is 5.60 Å². The number of carbonyl (C=O) groups excluding carboxylic acids is 1. The van der Waals surface area contributed by atoms with E-state index in [1.807, 2.05) is 32.9 Å². The number of hydrogen-bond acceptors (Lipinski definition) is 3. The largest absolute Gasteiger partial charge is 0.444 e. The highest BCUT2D eigenvalue weighted by atomic mass is 19.1. The average Bonchev–Trinajstić information content (AvgIpc) is 2.52. The predicted octanol–water partition coefficient (Wildman–Crippen LogP) is 3.60. The quantitative estimate of drug-likeness (QED) is 0.893. The van der Waals surface area contributed by atoms with E-state index in [0.717, 1.165) is 38.9 Å². The van der Waals surface area contributed by atoms with Gasteiger partial charge in [-0.2, -0.15) is 0 Å². The third-order valence-corrected chi connectivity index (χ3v) is 4.27. The van der Waals surface area contributed by atoms with E-state index in [1.165, 1.54) is 17.7 Å². The maximum absolute atomic E-state index is 12.9. The van der Waals surface area contributed by atoms with Crippen LogP contribution in [0.25, 0.3) is 0 Å². The van der Waals surface area contributed by atoms with Gasteiger partial charge in [-0.05, 0) is 76.7 Å². The van der Waals surface area contributed by atoms with Crippen LogP contribution in [0.4, 0.5) is 9.18 Å². The van der Waals surface area contributed by atoms with Crippen molar-refractivity contribution in [3.05, 3.63) is 35.6 Å². The van der Waals surface area contributed by atoms with Crippen molar-refractivity contribution in [2.45, 2.75) is 45.6 Å². The number of alkyl carbamates (subject to hydrolysis) is 1. The number of hydrogen-bond donors (Lipinski definition) is 1. The van der Waals surface area contributed by atoms with E-state index >= 15 is 0 Å². The molecule has 0 spiro atoms. The molecule has 0 bridgehead atoms. The topological polar surface area (TPSA) is 41.6 Å². The van der Waals surface area contributed by atoms with Gasteiger partial charge in [-0.3, -0.25) is 0 Å². The molecule has 0 unspecified atom stereocenters. The molecular weight excluding hydrogens is 307 g/mol. The van der Waals surface area contributed by atoms with Gasteiger partial charge >= 0.3 is 6.09 Å². The normalized spacial score (nSPS) is 16.8. The number of rotatable bonds is 5. The molecule has 0 aromatic heterocycles. The monoisotopic (exact) mass is 336 g/mol. The highest BCUT2D eigenvalue weighted by molar-refractivity contribution is 5.67. The Hall–Kier alpha value is -1.62. The van der Waals surface area contributed by atoms with Crippen LogP contribution in [0.3, 0.4) is 0 Å². The fourth-order valence-corrected chi connectivity index (χ4v) is 2.89. The number of likely N-dealkylation sites (tertiary alicyclic amines) is 1. The van der Waals surface area contributed by atoms with Crippen LogP contribution in [0.1, 0.15) is 39.2 Å². The second kappa shape index (κ2) is 8.47. The van der Waals surface area contributed by atoms with E-state index in [-0.39, 0.29) is 11.9 Å². The lowest BCUT2D eigenvalue weighted by Crippen LogP contribution is -2.40. The van der Waals surface area contributed by atoms with Gasteiger partial charge in [0.15, 0.2) is 0 Å².